The van der Waals surface area contributed by atoms with Crippen LogP contribution in [0.3, 0.4) is 0 Å². The van der Waals surface area contributed by atoms with Crippen molar-refractivity contribution in [2.24, 2.45) is 4.99 Å². The number of benzene rings is 1. The van der Waals surface area contributed by atoms with Crippen LogP contribution in [0.25, 0.3) is 0 Å². The maximum atomic E-state index is 5.18. The molecule has 0 aliphatic heterocycles. The first-order chi connectivity index (χ1) is 11.2. The summed E-state index contributed by atoms with van der Waals surface area (Å²) in [4.78, 5) is 6.02. The fraction of sp³-hybridized carbons (Fsp3) is 0.389. The highest BCUT2D eigenvalue weighted by Crippen LogP contribution is 2.14. The number of guanidine groups is 1. The van der Waals surface area contributed by atoms with Gasteiger partial charge in [0.1, 0.15) is 0 Å². The molecule has 1 aromatic carbocycles. The van der Waals surface area contributed by atoms with Crippen molar-refractivity contribution in [3.63, 3.8) is 0 Å². The van der Waals surface area contributed by atoms with E-state index in [-0.39, 0.29) is 24.0 Å². The van der Waals surface area contributed by atoms with Crippen LogP contribution in [0.4, 0.5) is 0 Å². The van der Waals surface area contributed by atoms with E-state index in [4.69, 9.17) is 4.74 Å². The number of halogens is 1. The molecule has 0 saturated heterocycles. The smallest absolute Gasteiger partial charge is 0.191 e. The van der Waals surface area contributed by atoms with E-state index in [2.05, 4.69) is 65.2 Å². The van der Waals surface area contributed by atoms with Crippen LogP contribution >= 0.6 is 35.3 Å². The van der Waals surface area contributed by atoms with Crippen LogP contribution in [-0.4, -0.2) is 19.6 Å². The summed E-state index contributed by atoms with van der Waals surface area (Å²) in [5.41, 5.74) is 3.68. The molecule has 0 atom stereocenters. The number of hydrogen-bond donors (Lipinski definition) is 2. The molecule has 0 saturated carbocycles. The normalized spacial score (nSPS) is 11.0. The third-order valence-electron chi connectivity index (χ3n) is 3.45. The van der Waals surface area contributed by atoms with Gasteiger partial charge in [-0.15, -0.1) is 35.3 Å². The minimum absolute atomic E-state index is 0. The van der Waals surface area contributed by atoms with Crippen LogP contribution in [0.15, 0.2) is 40.7 Å². The van der Waals surface area contributed by atoms with Crippen molar-refractivity contribution >= 4 is 41.3 Å². The fourth-order valence-corrected chi connectivity index (χ4v) is 3.09. The highest BCUT2D eigenvalue weighted by atomic mass is 127. The fourth-order valence-electron chi connectivity index (χ4n) is 2.25. The zero-order valence-corrected chi connectivity index (χ0v) is 17.6. The molecule has 0 aliphatic carbocycles. The molecule has 1 aromatic heterocycles. The van der Waals surface area contributed by atoms with Crippen molar-refractivity contribution < 1.29 is 4.74 Å². The van der Waals surface area contributed by atoms with E-state index in [0.29, 0.717) is 13.2 Å². The second kappa shape index (κ2) is 11.4. The summed E-state index contributed by atoms with van der Waals surface area (Å²) in [6, 6.07) is 10.5. The Balaban J connectivity index is 0.00000288. The Bertz CT molecular complexity index is 643. The van der Waals surface area contributed by atoms with Crippen LogP contribution in [0.5, 0.6) is 0 Å². The van der Waals surface area contributed by atoms with Crippen LogP contribution in [0, 0.1) is 6.92 Å². The predicted octanol–water partition coefficient (Wildman–Crippen LogP) is 4.08. The first-order valence-corrected chi connectivity index (χ1v) is 8.72. The first kappa shape index (κ1) is 20.9. The van der Waals surface area contributed by atoms with Gasteiger partial charge in [0.2, 0.25) is 0 Å². The monoisotopic (exact) mass is 459 g/mol. The minimum atomic E-state index is 0. The Hall–Kier alpha value is -1.12. The van der Waals surface area contributed by atoms with Crippen molar-refractivity contribution in [1.29, 1.82) is 0 Å². The molecule has 0 amide bonds. The second-order valence-corrected chi connectivity index (χ2v) is 6.33. The molecule has 132 valence electrons. The average Bonchev–Trinajstić information content (AvgIpc) is 2.96. The molecule has 0 aliphatic rings. The van der Waals surface area contributed by atoms with Gasteiger partial charge in [-0.05, 0) is 42.0 Å². The Kier molecular flexibility index (Phi) is 9.97. The topological polar surface area (TPSA) is 45.7 Å². The highest BCUT2D eigenvalue weighted by molar-refractivity contribution is 14.0. The molecule has 6 heteroatoms. The Labute approximate surface area is 165 Å². The highest BCUT2D eigenvalue weighted by Gasteiger charge is 2.02. The number of nitrogens with one attached hydrogen (secondary N) is 2. The maximum absolute atomic E-state index is 5.18. The molecule has 2 N–H and O–H groups in total. The van der Waals surface area contributed by atoms with Gasteiger partial charge in [0.15, 0.2) is 5.96 Å². The summed E-state index contributed by atoms with van der Waals surface area (Å²) in [7, 11) is 1.71. The average molecular weight is 459 g/mol. The van der Waals surface area contributed by atoms with Crippen LogP contribution in [0.1, 0.15) is 28.5 Å². The molecule has 0 fully saturated rings. The summed E-state index contributed by atoms with van der Waals surface area (Å²) < 4.78 is 5.18. The molecular weight excluding hydrogens is 433 g/mol. The summed E-state index contributed by atoms with van der Waals surface area (Å²) in [6.45, 7) is 7.15. The molecule has 0 bridgehead atoms. The number of thiophene rings is 1. The lowest BCUT2D eigenvalue weighted by atomic mass is 10.1. The van der Waals surface area contributed by atoms with Crippen LogP contribution in [0.2, 0.25) is 0 Å². The lowest BCUT2D eigenvalue weighted by Crippen LogP contribution is -2.36. The van der Waals surface area contributed by atoms with Gasteiger partial charge in [-0.1, -0.05) is 24.3 Å². The summed E-state index contributed by atoms with van der Waals surface area (Å²) >= 11 is 1.77. The van der Waals surface area contributed by atoms with Crippen molar-refractivity contribution in [2.75, 3.05) is 13.7 Å². The minimum Gasteiger partial charge on any atom is -0.380 e. The van der Waals surface area contributed by atoms with Crippen LogP contribution in [-0.2, 0) is 24.4 Å². The van der Waals surface area contributed by atoms with Crippen LogP contribution < -0.4 is 10.6 Å². The molecule has 24 heavy (non-hydrogen) atoms. The molecule has 2 rings (SSSR count). The number of aryl methyl sites for hydroxylation is 1. The van der Waals surface area contributed by atoms with E-state index in [1.54, 1.807) is 18.4 Å². The van der Waals surface area contributed by atoms with Gasteiger partial charge in [0.05, 0.1) is 19.7 Å². The number of rotatable bonds is 7. The summed E-state index contributed by atoms with van der Waals surface area (Å²) in [5.74, 6) is 0.845. The molecule has 0 radical (unpaired) electrons. The van der Waals surface area contributed by atoms with Gasteiger partial charge in [0, 0.05) is 18.5 Å². The largest absolute Gasteiger partial charge is 0.380 e. The van der Waals surface area contributed by atoms with E-state index >= 15 is 0 Å². The predicted molar refractivity (Wildman–Crippen MR) is 113 cm³/mol. The number of nitrogens with zero attached hydrogens (tertiary/aromatic N) is 1. The third kappa shape index (κ3) is 6.78. The standard InChI is InChI=1S/C18H25N3OS.HI/c1-4-19-18(21-12-17-14(2)8-9-23-17)20-11-15-6-5-7-16(10-15)13-22-3;/h5-10H,4,11-13H2,1-3H3,(H2,19,20,21);1H. The van der Waals surface area contributed by atoms with Crippen molar-refractivity contribution in [3.05, 3.63) is 57.3 Å². The molecular formula is C18H26IN3OS. The number of aliphatic imine (C=N–C) groups is 1. The Morgan fingerprint density at radius 3 is 2.67 bits per heavy atom. The van der Waals surface area contributed by atoms with Gasteiger partial charge >= 0.3 is 0 Å². The molecule has 0 unspecified atom stereocenters. The Morgan fingerprint density at radius 2 is 2.00 bits per heavy atom. The van der Waals surface area contributed by atoms with E-state index in [1.165, 1.54) is 21.6 Å². The maximum Gasteiger partial charge on any atom is 0.191 e. The third-order valence-corrected chi connectivity index (χ3v) is 4.47. The zero-order valence-electron chi connectivity index (χ0n) is 14.5. The molecule has 2 aromatic rings. The van der Waals surface area contributed by atoms with Gasteiger partial charge < -0.3 is 15.4 Å². The molecule has 4 nitrogen and oxygen atoms in total. The van der Waals surface area contributed by atoms with Crippen molar-refractivity contribution in [3.8, 4) is 0 Å². The number of hydrogen-bond acceptors (Lipinski definition) is 3. The second-order valence-electron chi connectivity index (χ2n) is 5.33. The first-order valence-electron chi connectivity index (χ1n) is 7.84. The lowest BCUT2D eigenvalue weighted by molar-refractivity contribution is 0.185. The van der Waals surface area contributed by atoms with E-state index in [1.807, 2.05) is 0 Å². The molecule has 0 spiro atoms. The van der Waals surface area contributed by atoms with E-state index in [0.717, 1.165) is 19.0 Å². The molecule has 1 heterocycles. The summed E-state index contributed by atoms with van der Waals surface area (Å²) in [6.07, 6.45) is 0. The Morgan fingerprint density at radius 1 is 1.21 bits per heavy atom. The van der Waals surface area contributed by atoms with Gasteiger partial charge in [-0.2, -0.15) is 0 Å². The number of methoxy groups -OCH3 is 1. The van der Waals surface area contributed by atoms with E-state index in [9.17, 15) is 0 Å². The SMILES string of the molecule is CCNC(=NCc1cccc(COC)c1)NCc1sccc1C.I. The van der Waals surface area contributed by atoms with Crippen molar-refractivity contribution in [2.45, 2.75) is 33.5 Å². The lowest BCUT2D eigenvalue weighted by Gasteiger charge is -2.11. The van der Waals surface area contributed by atoms with Gasteiger partial charge in [-0.3, -0.25) is 0 Å². The quantitative estimate of drug-likeness (QED) is 0.373. The zero-order chi connectivity index (χ0) is 16.5. The summed E-state index contributed by atoms with van der Waals surface area (Å²) in [5, 5.41) is 8.81. The van der Waals surface area contributed by atoms with Gasteiger partial charge in [-0.25, -0.2) is 4.99 Å². The number of ether oxygens (including phenoxy) is 1. The van der Waals surface area contributed by atoms with E-state index < -0.39 is 0 Å². The van der Waals surface area contributed by atoms with Gasteiger partial charge in [0.25, 0.3) is 0 Å². The van der Waals surface area contributed by atoms with Crippen molar-refractivity contribution in [1.82, 2.24) is 10.6 Å².